The number of hydrogen-bond acceptors (Lipinski definition) is 5. The highest BCUT2D eigenvalue weighted by atomic mass is 16.5. The molecule has 0 unspecified atom stereocenters. The average molecular weight is 341 g/mol. The van der Waals surface area contributed by atoms with Crippen LogP contribution in [-0.4, -0.2) is 37.8 Å². The van der Waals surface area contributed by atoms with Crippen molar-refractivity contribution in [3.63, 3.8) is 0 Å². The fraction of sp³-hybridized carbons (Fsp3) is 0.316. The number of fused-ring (bicyclic) bond motifs is 1. The van der Waals surface area contributed by atoms with Crippen LogP contribution in [0.4, 0.5) is 0 Å². The predicted octanol–water partition coefficient (Wildman–Crippen LogP) is 2.92. The third kappa shape index (κ3) is 3.85. The van der Waals surface area contributed by atoms with Crippen LogP contribution in [0.15, 0.2) is 36.4 Å². The first kappa shape index (κ1) is 17.1. The number of para-hydroxylation sites is 2. The number of ether oxygens (including phenoxy) is 3. The van der Waals surface area contributed by atoms with Gasteiger partial charge in [0.25, 0.3) is 0 Å². The first-order valence-electron chi connectivity index (χ1n) is 8.18. The highest BCUT2D eigenvalue weighted by Crippen LogP contribution is 2.38. The molecule has 0 saturated carbocycles. The third-order valence-electron chi connectivity index (χ3n) is 4.03. The Morgan fingerprint density at radius 1 is 1.00 bits per heavy atom. The van der Waals surface area contributed by atoms with Crippen LogP contribution in [0.25, 0.3) is 11.0 Å². The Bertz CT molecular complexity index is 787. The van der Waals surface area contributed by atoms with Crippen LogP contribution in [0.3, 0.4) is 0 Å². The van der Waals surface area contributed by atoms with E-state index in [0.717, 1.165) is 35.4 Å². The minimum Gasteiger partial charge on any atom is -0.493 e. The molecular weight excluding hydrogens is 318 g/mol. The molecule has 3 rings (SSSR count). The lowest BCUT2D eigenvalue weighted by Crippen LogP contribution is -2.17. The quantitative estimate of drug-likeness (QED) is 0.617. The minimum absolute atomic E-state index is 0.607. The van der Waals surface area contributed by atoms with E-state index in [2.05, 4.69) is 15.3 Å². The van der Waals surface area contributed by atoms with Gasteiger partial charge in [0, 0.05) is 19.5 Å². The maximum atomic E-state index is 5.38. The van der Waals surface area contributed by atoms with Crippen molar-refractivity contribution >= 4 is 11.0 Å². The monoisotopic (exact) mass is 341 g/mol. The molecular formula is C19H23N3O3. The lowest BCUT2D eigenvalue weighted by atomic mass is 10.1. The van der Waals surface area contributed by atoms with Gasteiger partial charge in [-0.15, -0.1) is 0 Å². The molecule has 0 atom stereocenters. The largest absolute Gasteiger partial charge is 0.493 e. The summed E-state index contributed by atoms with van der Waals surface area (Å²) in [6.07, 6.45) is 0.832. The number of methoxy groups -OCH3 is 3. The first-order chi connectivity index (χ1) is 12.2. The van der Waals surface area contributed by atoms with Crippen LogP contribution in [0.2, 0.25) is 0 Å². The number of benzene rings is 2. The van der Waals surface area contributed by atoms with E-state index in [-0.39, 0.29) is 0 Å². The zero-order chi connectivity index (χ0) is 17.6. The molecule has 0 bridgehead atoms. The Hall–Kier alpha value is -2.73. The van der Waals surface area contributed by atoms with Gasteiger partial charge in [0.15, 0.2) is 11.5 Å². The van der Waals surface area contributed by atoms with Crippen molar-refractivity contribution in [3.8, 4) is 17.2 Å². The SMILES string of the molecule is COc1cc(CNCCc2nc3ccccc3[nH]2)cc(OC)c1OC. The van der Waals surface area contributed by atoms with Gasteiger partial charge < -0.3 is 24.5 Å². The molecule has 25 heavy (non-hydrogen) atoms. The summed E-state index contributed by atoms with van der Waals surface area (Å²) in [4.78, 5) is 7.92. The Balaban J connectivity index is 1.59. The molecule has 6 nitrogen and oxygen atoms in total. The van der Waals surface area contributed by atoms with Crippen molar-refractivity contribution in [2.75, 3.05) is 27.9 Å². The molecule has 0 saturated heterocycles. The van der Waals surface area contributed by atoms with Crippen molar-refractivity contribution < 1.29 is 14.2 Å². The first-order valence-corrected chi connectivity index (χ1v) is 8.18. The second-order valence-electron chi connectivity index (χ2n) is 5.66. The number of H-pyrrole nitrogens is 1. The number of imidazole rings is 1. The van der Waals surface area contributed by atoms with E-state index < -0.39 is 0 Å². The number of aromatic amines is 1. The van der Waals surface area contributed by atoms with Crippen molar-refractivity contribution in [1.82, 2.24) is 15.3 Å². The molecule has 0 amide bonds. The highest BCUT2D eigenvalue weighted by Gasteiger charge is 2.12. The topological polar surface area (TPSA) is 68.4 Å². The standard InChI is InChI=1S/C19H23N3O3/c1-23-16-10-13(11-17(24-2)19(16)25-3)12-20-9-8-18-21-14-6-4-5-7-15(14)22-18/h4-7,10-11,20H,8-9,12H2,1-3H3,(H,21,22). The molecule has 0 aliphatic carbocycles. The molecule has 2 aromatic carbocycles. The second-order valence-corrected chi connectivity index (χ2v) is 5.66. The van der Waals surface area contributed by atoms with Gasteiger partial charge in [0.2, 0.25) is 5.75 Å². The van der Waals surface area contributed by atoms with Crippen LogP contribution in [-0.2, 0) is 13.0 Å². The fourth-order valence-electron chi connectivity index (χ4n) is 2.80. The molecule has 0 radical (unpaired) electrons. The molecule has 1 aromatic heterocycles. The summed E-state index contributed by atoms with van der Waals surface area (Å²) in [5.41, 5.74) is 3.14. The molecule has 132 valence electrons. The van der Waals surface area contributed by atoms with E-state index in [1.165, 1.54) is 0 Å². The normalized spacial score (nSPS) is 10.8. The highest BCUT2D eigenvalue weighted by molar-refractivity contribution is 5.74. The van der Waals surface area contributed by atoms with Gasteiger partial charge in [-0.2, -0.15) is 0 Å². The molecule has 0 aliphatic heterocycles. The summed E-state index contributed by atoms with van der Waals surface area (Å²) >= 11 is 0. The van der Waals surface area contributed by atoms with Gasteiger partial charge in [-0.05, 0) is 29.8 Å². The predicted molar refractivity (Wildman–Crippen MR) is 97.6 cm³/mol. The van der Waals surface area contributed by atoms with Gasteiger partial charge >= 0.3 is 0 Å². The fourth-order valence-corrected chi connectivity index (χ4v) is 2.80. The Morgan fingerprint density at radius 3 is 2.36 bits per heavy atom. The van der Waals surface area contributed by atoms with Crippen LogP contribution in [0.1, 0.15) is 11.4 Å². The summed E-state index contributed by atoms with van der Waals surface area (Å²) < 4.78 is 16.1. The maximum Gasteiger partial charge on any atom is 0.203 e. The lowest BCUT2D eigenvalue weighted by molar-refractivity contribution is 0.323. The molecule has 1 heterocycles. The average Bonchev–Trinajstić information content (AvgIpc) is 3.07. The van der Waals surface area contributed by atoms with Crippen molar-refractivity contribution in [3.05, 3.63) is 47.8 Å². The minimum atomic E-state index is 0.607. The van der Waals surface area contributed by atoms with Crippen LogP contribution in [0.5, 0.6) is 17.2 Å². The smallest absolute Gasteiger partial charge is 0.203 e. The van der Waals surface area contributed by atoms with Gasteiger partial charge in [-0.1, -0.05) is 12.1 Å². The van der Waals surface area contributed by atoms with E-state index in [4.69, 9.17) is 14.2 Å². The van der Waals surface area contributed by atoms with Crippen LogP contribution >= 0.6 is 0 Å². The zero-order valence-electron chi connectivity index (χ0n) is 14.8. The van der Waals surface area contributed by atoms with E-state index in [0.29, 0.717) is 23.8 Å². The number of nitrogens with one attached hydrogen (secondary N) is 2. The van der Waals surface area contributed by atoms with E-state index in [9.17, 15) is 0 Å². The Morgan fingerprint density at radius 2 is 1.72 bits per heavy atom. The zero-order valence-corrected chi connectivity index (χ0v) is 14.8. The van der Waals surface area contributed by atoms with Crippen molar-refractivity contribution in [2.45, 2.75) is 13.0 Å². The number of hydrogen-bond donors (Lipinski definition) is 2. The second kappa shape index (κ2) is 7.90. The van der Waals surface area contributed by atoms with E-state index in [1.807, 2.05) is 36.4 Å². The molecule has 0 spiro atoms. The summed E-state index contributed by atoms with van der Waals surface area (Å²) in [6, 6.07) is 12.0. The Labute approximate surface area is 147 Å². The van der Waals surface area contributed by atoms with Crippen LogP contribution < -0.4 is 19.5 Å². The van der Waals surface area contributed by atoms with Crippen molar-refractivity contribution in [2.24, 2.45) is 0 Å². The van der Waals surface area contributed by atoms with Gasteiger partial charge in [0.05, 0.1) is 32.4 Å². The summed E-state index contributed by atoms with van der Waals surface area (Å²) in [6.45, 7) is 1.52. The number of nitrogens with zero attached hydrogens (tertiary/aromatic N) is 1. The van der Waals surface area contributed by atoms with Gasteiger partial charge in [0.1, 0.15) is 5.82 Å². The van der Waals surface area contributed by atoms with Crippen LogP contribution in [0, 0.1) is 0 Å². The number of aromatic nitrogens is 2. The molecule has 0 aliphatic rings. The number of rotatable bonds is 8. The van der Waals surface area contributed by atoms with Gasteiger partial charge in [-0.25, -0.2) is 4.98 Å². The maximum absolute atomic E-state index is 5.38. The third-order valence-corrected chi connectivity index (χ3v) is 4.03. The summed E-state index contributed by atoms with van der Waals surface area (Å²) in [7, 11) is 4.85. The summed E-state index contributed by atoms with van der Waals surface area (Å²) in [5.74, 6) is 2.92. The molecule has 2 N–H and O–H groups in total. The van der Waals surface area contributed by atoms with Gasteiger partial charge in [-0.3, -0.25) is 0 Å². The summed E-state index contributed by atoms with van der Waals surface area (Å²) in [5, 5.41) is 3.42. The molecule has 6 heteroatoms. The lowest BCUT2D eigenvalue weighted by Gasteiger charge is -2.14. The molecule has 3 aromatic rings. The van der Waals surface area contributed by atoms with Crippen molar-refractivity contribution in [1.29, 1.82) is 0 Å². The Kier molecular flexibility index (Phi) is 5.40. The molecule has 0 fully saturated rings. The van der Waals surface area contributed by atoms with E-state index in [1.54, 1.807) is 21.3 Å². The van der Waals surface area contributed by atoms with E-state index >= 15 is 0 Å².